The number of sulfonamides is 1. The van der Waals surface area contributed by atoms with Gasteiger partial charge < -0.3 is 20.2 Å². The molecule has 0 saturated carbocycles. The maximum atomic E-state index is 13.1. The Hall–Kier alpha value is -3.45. The predicted molar refractivity (Wildman–Crippen MR) is 150 cm³/mol. The maximum Gasteiger partial charge on any atom is 0.323 e. The largest absolute Gasteiger partial charge is 0.480 e. The summed E-state index contributed by atoms with van der Waals surface area (Å²) in [5.74, 6) is -0.321. The minimum Gasteiger partial charge on any atom is -0.480 e. The number of rotatable bonds is 13. The normalized spacial score (nSPS) is 17.5. The number of carbonyl (C=O) groups is 2. The first-order chi connectivity index (χ1) is 19.1. The number of H-pyrrole nitrogens is 1. The number of hydrogen-bond acceptors (Lipinski definition) is 8. The molecule has 1 amide bonds. The number of oxime groups is 1. The highest BCUT2D eigenvalue weighted by Gasteiger charge is 2.32. The highest BCUT2D eigenvalue weighted by atomic mass is 32.2. The second kappa shape index (κ2) is 12.8. The molecule has 0 spiro atoms. The van der Waals surface area contributed by atoms with Crippen molar-refractivity contribution >= 4 is 34.2 Å². The minimum atomic E-state index is -4.17. The summed E-state index contributed by atoms with van der Waals surface area (Å²) in [6.07, 6.45) is 7.43. The predicted octanol–water partition coefficient (Wildman–Crippen LogP) is 2.79. The van der Waals surface area contributed by atoms with Gasteiger partial charge in [0.1, 0.15) is 12.1 Å². The quantitative estimate of drug-likeness (QED) is 0.209. The van der Waals surface area contributed by atoms with Crippen LogP contribution in [0.2, 0.25) is 0 Å². The van der Waals surface area contributed by atoms with Crippen molar-refractivity contribution in [1.29, 1.82) is 0 Å². The number of aromatic amines is 1. The van der Waals surface area contributed by atoms with Gasteiger partial charge in [-0.2, -0.15) is 4.72 Å². The third kappa shape index (κ3) is 7.19. The van der Waals surface area contributed by atoms with E-state index in [-0.39, 0.29) is 16.8 Å². The number of aromatic nitrogens is 2. The topological polar surface area (TPSA) is 166 Å². The van der Waals surface area contributed by atoms with Gasteiger partial charge >= 0.3 is 5.97 Å². The van der Waals surface area contributed by atoms with Crippen molar-refractivity contribution < 1.29 is 28.0 Å². The van der Waals surface area contributed by atoms with E-state index in [2.05, 4.69) is 25.2 Å². The Morgan fingerprint density at radius 2 is 1.95 bits per heavy atom. The molecule has 4 N–H and O–H groups in total. The molecule has 0 fully saturated rings. The second-order valence-electron chi connectivity index (χ2n) is 10.6. The van der Waals surface area contributed by atoms with Crippen LogP contribution in [0, 0.1) is 20.8 Å². The number of carbonyl (C=O) groups excluding carboxylic acids is 1. The van der Waals surface area contributed by atoms with E-state index >= 15 is 0 Å². The number of fused-ring (bicyclic) bond motifs is 1. The lowest BCUT2D eigenvalue weighted by Crippen LogP contribution is -2.49. The van der Waals surface area contributed by atoms with E-state index in [0.29, 0.717) is 30.4 Å². The van der Waals surface area contributed by atoms with Crippen molar-refractivity contribution in [2.75, 3.05) is 18.4 Å². The van der Waals surface area contributed by atoms with Crippen LogP contribution in [0.1, 0.15) is 66.6 Å². The number of hydrogen-bond donors (Lipinski definition) is 4. The summed E-state index contributed by atoms with van der Waals surface area (Å²) < 4.78 is 28.5. The molecule has 0 radical (unpaired) electrons. The molecule has 2 aromatic rings. The summed E-state index contributed by atoms with van der Waals surface area (Å²) in [6.45, 7) is 5.51. The van der Waals surface area contributed by atoms with Gasteiger partial charge in [0.2, 0.25) is 22.4 Å². The number of unbranched alkanes of at least 4 members (excludes halogenated alkanes) is 1. The fourth-order valence-electron chi connectivity index (χ4n) is 5.39. The zero-order valence-corrected chi connectivity index (χ0v) is 24.0. The van der Waals surface area contributed by atoms with Crippen molar-refractivity contribution in [2.24, 2.45) is 5.16 Å². The van der Waals surface area contributed by atoms with E-state index in [9.17, 15) is 23.1 Å². The number of benzene rings is 1. The van der Waals surface area contributed by atoms with Gasteiger partial charge in [-0.05, 0) is 76.8 Å². The Labute approximate surface area is 234 Å². The van der Waals surface area contributed by atoms with Crippen molar-refractivity contribution in [2.45, 2.75) is 89.2 Å². The number of anilines is 1. The van der Waals surface area contributed by atoms with Gasteiger partial charge in [-0.1, -0.05) is 22.9 Å². The second-order valence-corrected chi connectivity index (χ2v) is 12.2. The molecule has 4 rings (SSSR count). The molecule has 1 aliphatic carbocycles. The zero-order chi connectivity index (χ0) is 28.9. The Balaban J connectivity index is 1.26. The Bertz CT molecular complexity index is 1320. The highest BCUT2D eigenvalue weighted by Crippen LogP contribution is 2.23. The van der Waals surface area contributed by atoms with E-state index < -0.39 is 28.6 Å². The number of amides is 1. The molecule has 40 heavy (non-hydrogen) atoms. The fraction of sp³-hybridized carbons (Fsp3) is 0.556. The summed E-state index contributed by atoms with van der Waals surface area (Å²) in [4.78, 5) is 38.4. The van der Waals surface area contributed by atoms with E-state index in [4.69, 9.17) is 4.84 Å². The SMILES string of the molecule is Cc1cc(C)c(S(=O)(=O)NC(CN(C=O)C2=NOC(CCCCNc3nc4c([nH]3)CCCC4)C2)C(=O)O)c(C)c1. The molecule has 2 unspecified atom stereocenters. The van der Waals surface area contributed by atoms with Crippen LogP contribution in [0.25, 0.3) is 0 Å². The van der Waals surface area contributed by atoms with Crippen LogP contribution < -0.4 is 10.0 Å². The number of aliphatic carboxylic acids is 1. The van der Waals surface area contributed by atoms with Gasteiger partial charge in [-0.25, -0.2) is 13.4 Å². The average molecular weight is 575 g/mol. The summed E-state index contributed by atoms with van der Waals surface area (Å²) in [5, 5.41) is 17.1. The van der Waals surface area contributed by atoms with E-state index in [1.165, 1.54) is 18.5 Å². The molecule has 1 aromatic carbocycles. The smallest absolute Gasteiger partial charge is 0.323 e. The van der Waals surface area contributed by atoms with Crippen LogP contribution in [0.3, 0.4) is 0 Å². The summed E-state index contributed by atoms with van der Waals surface area (Å²) in [7, 11) is -4.17. The van der Waals surface area contributed by atoms with Gasteiger partial charge in [-0.3, -0.25) is 14.5 Å². The molecular formula is C27H38N6O6S. The number of nitrogens with one attached hydrogen (secondary N) is 3. The van der Waals surface area contributed by atoms with E-state index in [1.54, 1.807) is 26.0 Å². The molecule has 0 bridgehead atoms. The fourth-order valence-corrected chi connectivity index (χ4v) is 7.02. The number of carboxylic acids is 1. The first-order valence-corrected chi connectivity index (χ1v) is 15.1. The molecule has 2 aliphatic rings. The van der Waals surface area contributed by atoms with Crippen LogP contribution >= 0.6 is 0 Å². The standard InChI is InChI=1S/C27H38N6O6S/c1-17-12-18(2)25(19(3)13-17)40(37,38)32-23(26(35)36)15-33(16-34)24-14-20(39-31-24)8-6-7-11-28-27-29-21-9-4-5-10-22(21)30-27/h12-13,16,20,23,32H,4-11,14-15H2,1-3H3,(H,35,36)(H2,28,29,30). The summed E-state index contributed by atoms with van der Waals surface area (Å²) in [5.41, 5.74) is 4.32. The molecule has 13 heteroatoms. The molecule has 2 atom stereocenters. The van der Waals surface area contributed by atoms with Gasteiger partial charge in [0, 0.05) is 18.7 Å². The Morgan fingerprint density at radius 1 is 1.23 bits per heavy atom. The highest BCUT2D eigenvalue weighted by molar-refractivity contribution is 7.89. The molecule has 0 saturated heterocycles. The van der Waals surface area contributed by atoms with Crippen molar-refractivity contribution in [3.05, 3.63) is 40.2 Å². The average Bonchev–Trinajstić information content (AvgIpc) is 3.52. The van der Waals surface area contributed by atoms with Gasteiger partial charge in [0.05, 0.1) is 17.1 Å². The monoisotopic (exact) mass is 574 g/mol. The van der Waals surface area contributed by atoms with E-state index in [0.717, 1.165) is 54.3 Å². The first-order valence-electron chi connectivity index (χ1n) is 13.7. The van der Waals surface area contributed by atoms with Crippen LogP contribution in [-0.2, 0) is 37.3 Å². The third-order valence-corrected chi connectivity index (χ3v) is 9.00. The lowest BCUT2D eigenvalue weighted by molar-refractivity contribution is -0.139. The van der Waals surface area contributed by atoms with Gasteiger partial charge in [-0.15, -0.1) is 0 Å². The number of aryl methyl sites for hydroxylation is 5. The number of imidazole rings is 1. The van der Waals surface area contributed by atoms with Crippen LogP contribution in [0.4, 0.5) is 5.95 Å². The van der Waals surface area contributed by atoms with Crippen molar-refractivity contribution in [1.82, 2.24) is 19.6 Å². The molecule has 1 aliphatic heterocycles. The van der Waals surface area contributed by atoms with Crippen molar-refractivity contribution in [3.63, 3.8) is 0 Å². The summed E-state index contributed by atoms with van der Waals surface area (Å²) in [6, 6.07) is 1.87. The van der Waals surface area contributed by atoms with Crippen molar-refractivity contribution in [3.8, 4) is 0 Å². The van der Waals surface area contributed by atoms with Crippen LogP contribution in [0.15, 0.2) is 22.2 Å². The maximum absolute atomic E-state index is 13.1. The molecule has 1 aromatic heterocycles. The van der Waals surface area contributed by atoms with Crippen LogP contribution in [0.5, 0.6) is 0 Å². The molecule has 12 nitrogen and oxygen atoms in total. The lowest BCUT2D eigenvalue weighted by atomic mass is 10.0. The Morgan fingerprint density at radius 3 is 2.62 bits per heavy atom. The summed E-state index contributed by atoms with van der Waals surface area (Å²) >= 11 is 0. The Kier molecular flexibility index (Phi) is 9.46. The molecule has 2 heterocycles. The lowest BCUT2D eigenvalue weighted by Gasteiger charge is -2.22. The number of nitrogens with zero attached hydrogens (tertiary/aromatic N) is 3. The number of carboxylic acid groups (broad SMARTS) is 1. The zero-order valence-electron chi connectivity index (χ0n) is 23.2. The molecular weight excluding hydrogens is 536 g/mol. The van der Waals surface area contributed by atoms with E-state index in [1.807, 2.05) is 6.92 Å². The molecule has 218 valence electrons. The van der Waals surface area contributed by atoms with Gasteiger partial charge in [0.25, 0.3) is 0 Å². The minimum absolute atomic E-state index is 0.0322. The number of amidine groups is 1. The van der Waals surface area contributed by atoms with Gasteiger partial charge in [0.15, 0.2) is 5.84 Å². The van der Waals surface area contributed by atoms with Crippen LogP contribution in [-0.4, -0.2) is 71.8 Å². The first kappa shape index (κ1) is 29.5. The third-order valence-electron chi connectivity index (χ3n) is 7.22.